The van der Waals surface area contributed by atoms with Gasteiger partial charge in [0, 0.05) is 5.02 Å². The highest BCUT2D eigenvalue weighted by atomic mass is 35.5. The van der Waals surface area contributed by atoms with Gasteiger partial charge in [0.1, 0.15) is 5.57 Å². The molecule has 0 spiro atoms. The standard InChI is InChI=1S/C18H10ClN3O2S/c19-13-5-7-14(8-6-13)22-17(24)15(16(23)21-18(22)25)9-11-3-1-2-4-12(11)10-20/h1-9H,(H,21,23,25)/b15-9+. The minimum Gasteiger partial charge on any atom is -0.298 e. The number of thiocarbonyl (C=S) groups is 1. The summed E-state index contributed by atoms with van der Waals surface area (Å²) in [7, 11) is 0. The number of carbonyl (C=O) groups is 2. The average Bonchev–Trinajstić information content (AvgIpc) is 2.60. The van der Waals surface area contributed by atoms with E-state index in [1.54, 1.807) is 48.5 Å². The molecule has 0 bridgehead atoms. The van der Waals surface area contributed by atoms with E-state index in [1.165, 1.54) is 11.0 Å². The van der Waals surface area contributed by atoms with Gasteiger partial charge in [0.2, 0.25) is 0 Å². The van der Waals surface area contributed by atoms with Crippen LogP contribution in [-0.2, 0) is 9.59 Å². The lowest BCUT2D eigenvalue weighted by molar-refractivity contribution is -0.122. The van der Waals surface area contributed by atoms with Gasteiger partial charge in [-0.05, 0) is 54.2 Å². The summed E-state index contributed by atoms with van der Waals surface area (Å²) in [5, 5.41) is 12.2. The molecule has 0 aliphatic carbocycles. The maximum atomic E-state index is 12.8. The highest BCUT2D eigenvalue weighted by Gasteiger charge is 2.34. The molecule has 7 heteroatoms. The highest BCUT2D eigenvalue weighted by molar-refractivity contribution is 7.80. The predicted molar refractivity (Wildman–Crippen MR) is 98.8 cm³/mol. The second kappa shape index (κ2) is 6.85. The smallest absolute Gasteiger partial charge is 0.270 e. The van der Waals surface area contributed by atoms with Crippen molar-refractivity contribution in [3.8, 4) is 6.07 Å². The summed E-state index contributed by atoms with van der Waals surface area (Å²) in [4.78, 5) is 26.3. The molecule has 2 aromatic carbocycles. The minimum atomic E-state index is -0.604. The maximum absolute atomic E-state index is 12.8. The molecule has 1 aliphatic rings. The number of amides is 2. The van der Waals surface area contributed by atoms with E-state index in [4.69, 9.17) is 29.1 Å². The molecule has 3 rings (SSSR count). The molecule has 1 aliphatic heterocycles. The summed E-state index contributed by atoms with van der Waals surface area (Å²) < 4.78 is 0. The van der Waals surface area contributed by atoms with Crippen molar-refractivity contribution in [2.75, 3.05) is 4.90 Å². The second-order valence-corrected chi connectivity index (χ2v) is 5.96. The van der Waals surface area contributed by atoms with E-state index in [-0.39, 0.29) is 10.7 Å². The van der Waals surface area contributed by atoms with Crippen LogP contribution in [0.3, 0.4) is 0 Å². The first-order chi connectivity index (χ1) is 12.0. The van der Waals surface area contributed by atoms with Gasteiger partial charge in [0.25, 0.3) is 11.8 Å². The first kappa shape index (κ1) is 16.8. The number of carbonyl (C=O) groups excluding carboxylic acids is 2. The fourth-order valence-corrected chi connectivity index (χ4v) is 2.77. The first-order valence-electron chi connectivity index (χ1n) is 7.17. The summed E-state index contributed by atoms with van der Waals surface area (Å²) >= 11 is 11.0. The summed E-state index contributed by atoms with van der Waals surface area (Å²) in [6.07, 6.45) is 1.39. The lowest BCUT2D eigenvalue weighted by Crippen LogP contribution is -2.54. The van der Waals surface area contributed by atoms with E-state index < -0.39 is 11.8 Å². The van der Waals surface area contributed by atoms with Crippen LogP contribution in [0.15, 0.2) is 54.1 Å². The van der Waals surface area contributed by atoms with Crippen LogP contribution in [0.25, 0.3) is 6.08 Å². The first-order valence-corrected chi connectivity index (χ1v) is 7.96. The Bertz CT molecular complexity index is 961. The summed E-state index contributed by atoms with van der Waals surface area (Å²) in [6, 6.07) is 15.2. The second-order valence-electron chi connectivity index (χ2n) is 5.13. The van der Waals surface area contributed by atoms with Crippen LogP contribution >= 0.6 is 23.8 Å². The van der Waals surface area contributed by atoms with Gasteiger partial charge in [-0.25, -0.2) is 0 Å². The third-order valence-corrected chi connectivity index (χ3v) is 4.10. The van der Waals surface area contributed by atoms with Crippen molar-refractivity contribution in [2.45, 2.75) is 0 Å². The molecule has 1 heterocycles. The Morgan fingerprint density at radius 1 is 1.12 bits per heavy atom. The zero-order chi connectivity index (χ0) is 18.0. The van der Waals surface area contributed by atoms with Gasteiger partial charge in [-0.2, -0.15) is 5.26 Å². The van der Waals surface area contributed by atoms with E-state index in [9.17, 15) is 9.59 Å². The van der Waals surface area contributed by atoms with E-state index in [0.29, 0.717) is 21.8 Å². The molecule has 1 N–H and O–H groups in total. The summed E-state index contributed by atoms with van der Waals surface area (Å²) in [6.45, 7) is 0. The minimum absolute atomic E-state index is 0.0111. The van der Waals surface area contributed by atoms with Crippen LogP contribution in [0.5, 0.6) is 0 Å². The number of hydrogen-bond acceptors (Lipinski definition) is 4. The van der Waals surface area contributed by atoms with E-state index >= 15 is 0 Å². The number of benzene rings is 2. The van der Waals surface area contributed by atoms with Crippen LogP contribution in [0, 0.1) is 11.3 Å². The van der Waals surface area contributed by atoms with Crippen molar-refractivity contribution >= 4 is 52.5 Å². The SMILES string of the molecule is N#Cc1ccccc1/C=C1\C(=O)NC(=S)N(c2ccc(Cl)cc2)C1=O. The molecule has 122 valence electrons. The zero-order valence-corrected chi connectivity index (χ0v) is 14.3. The molecule has 5 nitrogen and oxygen atoms in total. The monoisotopic (exact) mass is 367 g/mol. The fourth-order valence-electron chi connectivity index (χ4n) is 2.36. The number of nitriles is 1. The Hall–Kier alpha value is -3.01. The van der Waals surface area contributed by atoms with Crippen molar-refractivity contribution in [1.29, 1.82) is 5.26 Å². The number of nitrogens with one attached hydrogen (secondary N) is 1. The van der Waals surface area contributed by atoms with E-state index in [0.717, 1.165) is 0 Å². The number of halogens is 1. The molecule has 0 radical (unpaired) electrons. The van der Waals surface area contributed by atoms with Crippen LogP contribution in [0.1, 0.15) is 11.1 Å². The van der Waals surface area contributed by atoms with Crippen LogP contribution < -0.4 is 10.2 Å². The summed E-state index contributed by atoms with van der Waals surface area (Å²) in [5.74, 6) is -1.17. The molecule has 1 fully saturated rings. The molecule has 0 saturated carbocycles. The number of hydrogen-bond donors (Lipinski definition) is 1. The maximum Gasteiger partial charge on any atom is 0.270 e. The van der Waals surface area contributed by atoms with Gasteiger partial charge in [0.05, 0.1) is 17.3 Å². The van der Waals surface area contributed by atoms with Crippen LogP contribution in [0.4, 0.5) is 5.69 Å². The molecular weight excluding hydrogens is 358 g/mol. The molecular formula is C18H10ClN3O2S. The molecule has 2 aromatic rings. The van der Waals surface area contributed by atoms with Crippen LogP contribution in [-0.4, -0.2) is 16.9 Å². The van der Waals surface area contributed by atoms with Gasteiger partial charge < -0.3 is 0 Å². The molecule has 0 unspecified atom stereocenters. The Morgan fingerprint density at radius 3 is 2.48 bits per heavy atom. The van der Waals surface area contributed by atoms with Crippen molar-refractivity contribution in [3.05, 3.63) is 70.3 Å². The molecule has 1 saturated heterocycles. The normalized spacial score (nSPS) is 15.9. The zero-order valence-electron chi connectivity index (χ0n) is 12.7. The molecule has 25 heavy (non-hydrogen) atoms. The lowest BCUT2D eigenvalue weighted by Gasteiger charge is -2.29. The van der Waals surface area contributed by atoms with Gasteiger partial charge in [-0.3, -0.25) is 19.8 Å². The Labute approximate surface area is 154 Å². The molecule has 0 atom stereocenters. The third kappa shape index (κ3) is 3.29. The van der Waals surface area contributed by atoms with Gasteiger partial charge >= 0.3 is 0 Å². The Kier molecular flexibility index (Phi) is 4.61. The predicted octanol–water partition coefficient (Wildman–Crippen LogP) is 3.04. The Morgan fingerprint density at radius 2 is 1.80 bits per heavy atom. The van der Waals surface area contributed by atoms with Crippen molar-refractivity contribution in [1.82, 2.24) is 5.32 Å². The Balaban J connectivity index is 2.05. The lowest BCUT2D eigenvalue weighted by atomic mass is 10.0. The van der Waals surface area contributed by atoms with Gasteiger partial charge in [-0.15, -0.1) is 0 Å². The summed E-state index contributed by atoms with van der Waals surface area (Å²) in [5.41, 5.74) is 1.22. The van der Waals surface area contributed by atoms with E-state index in [2.05, 4.69) is 5.32 Å². The van der Waals surface area contributed by atoms with Crippen molar-refractivity contribution in [2.24, 2.45) is 0 Å². The molecule has 2 amide bonds. The van der Waals surface area contributed by atoms with Gasteiger partial charge in [0.15, 0.2) is 5.11 Å². The average molecular weight is 368 g/mol. The van der Waals surface area contributed by atoms with Crippen molar-refractivity contribution < 1.29 is 9.59 Å². The van der Waals surface area contributed by atoms with E-state index in [1.807, 2.05) is 6.07 Å². The van der Waals surface area contributed by atoms with Crippen LogP contribution in [0.2, 0.25) is 5.02 Å². The highest BCUT2D eigenvalue weighted by Crippen LogP contribution is 2.24. The molecule has 0 aromatic heterocycles. The fraction of sp³-hybridized carbons (Fsp3) is 0. The number of rotatable bonds is 2. The largest absolute Gasteiger partial charge is 0.298 e. The quantitative estimate of drug-likeness (QED) is 0.503. The van der Waals surface area contributed by atoms with Crippen molar-refractivity contribution in [3.63, 3.8) is 0 Å². The number of anilines is 1. The topological polar surface area (TPSA) is 73.2 Å². The number of nitrogens with zero attached hydrogens (tertiary/aromatic N) is 2. The van der Waals surface area contributed by atoms with Gasteiger partial charge in [-0.1, -0.05) is 29.8 Å². The third-order valence-electron chi connectivity index (χ3n) is 3.57.